The summed E-state index contributed by atoms with van der Waals surface area (Å²) in [7, 11) is -3.23. The lowest BCUT2D eigenvalue weighted by Crippen LogP contribution is -2.47. The zero-order valence-corrected chi connectivity index (χ0v) is 11.0. The molecule has 0 amide bonds. The number of sulfonamides is 1. The van der Waals surface area contributed by atoms with Crippen LogP contribution in [0.4, 0.5) is 0 Å². The zero-order chi connectivity index (χ0) is 12.6. The van der Waals surface area contributed by atoms with Gasteiger partial charge < -0.3 is 5.73 Å². The van der Waals surface area contributed by atoms with Crippen LogP contribution < -0.4 is 5.73 Å². The van der Waals surface area contributed by atoms with Crippen molar-refractivity contribution >= 4 is 15.9 Å². The molecule has 1 saturated heterocycles. The first kappa shape index (κ1) is 13.4. The van der Waals surface area contributed by atoms with Gasteiger partial charge in [-0.15, -0.1) is 0 Å². The van der Waals surface area contributed by atoms with E-state index in [0.717, 1.165) is 0 Å². The molecule has 0 aliphatic carbocycles. The molecule has 1 aliphatic rings. The van der Waals surface area contributed by atoms with E-state index < -0.39 is 14.8 Å². The van der Waals surface area contributed by atoms with Gasteiger partial charge in [-0.05, 0) is 33.6 Å². The highest BCUT2D eigenvalue weighted by Crippen LogP contribution is 2.25. The Kier molecular flexibility index (Phi) is 3.64. The van der Waals surface area contributed by atoms with E-state index in [1.165, 1.54) is 4.31 Å². The number of piperidine rings is 1. The Morgan fingerprint density at radius 1 is 1.31 bits per heavy atom. The van der Waals surface area contributed by atoms with E-state index in [2.05, 4.69) is 0 Å². The van der Waals surface area contributed by atoms with Crippen LogP contribution in [-0.4, -0.2) is 36.4 Å². The van der Waals surface area contributed by atoms with Crippen molar-refractivity contribution in [3.8, 4) is 0 Å². The van der Waals surface area contributed by atoms with Crippen molar-refractivity contribution < 1.29 is 8.42 Å². The highest BCUT2D eigenvalue weighted by atomic mass is 32.2. The quantitative estimate of drug-likeness (QED) is 0.558. The van der Waals surface area contributed by atoms with E-state index >= 15 is 0 Å². The molecule has 0 aromatic rings. The first-order chi connectivity index (χ1) is 7.16. The van der Waals surface area contributed by atoms with E-state index in [1.54, 1.807) is 20.8 Å². The molecule has 0 aromatic heterocycles. The van der Waals surface area contributed by atoms with Gasteiger partial charge in [-0.2, -0.15) is 0 Å². The van der Waals surface area contributed by atoms with E-state index in [4.69, 9.17) is 11.1 Å². The predicted molar refractivity (Wildman–Crippen MR) is 64.9 cm³/mol. The lowest BCUT2D eigenvalue weighted by molar-refractivity contribution is 0.307. The van der Waals surface area contributed by atoms with Crippen molar-refractivity contribution in [3.63, 3.8) is 0 Å². The molecule has 0 radical (unpaired) electrons. The van der Waals surface area contributed by atoms with Crippen molar-refractivity contribution in [1.82, 2.24) is 4.31 Å². The lowest BCUT2D eigenvalue weighted by Gasteiger charge is -2.35. The van der Waals surface area contributed by atoms with Crippen LogP contribution in [0.2, 0.25) is 0 Å². The van der Waals surface area contributed by atoms with Gasteiger partial charge >= 0.3 is 0 Å². The van der Waals surface area contributed by atoms with Crippen molar-refractivity contribution in [2.75, 3.05) is 13.1 Å². The fourth-order valence-corrected chi connectivity index (χ4v) is 3.26. The Morgan fingerprint density at radius 2 is 1.75 bits per heavy atom. The fraction of sp³-hybridized carbons (Fsp3) is 0.900. The summed E-state index contributed by atoms with van der Waals surface area (Å²) in [6.45, 7) is 6.08. The van der Waals surface area contributed by atoms with Gasteiger partial charge in [0.1, 0.15) is 0 Å². The second-order valence-electron chi connectivity index (χ2n) is 5.25. The monoisotopic (exact) mass is 247 g/mol. The first-order valence-electron chi connectivity index (χ1n) is 5.50. The van der Waals surface area contributed by atoms with E-state index in [9.17, 15) is 8.42 Å². The summed E-state index contributed by atoms with van der Waals surface area (Å²) in [6.07, 6.45) is 1.31. The maximum atomic E-state index is 12.1. The van der Waals surface area contributed by atoms with Gasteiger partial charge in [-0.3, -0.25) is 5.41 Å². The highest BCUT2D eigenvalue weighted by molar-refractivity contribution is 7.90. The number of amidine groups is 1. The van der Waals surface area contributed by atoms with Gasteiger partial charge in [0.25, 0.3) is 0 Å². The number of hydrogen-bond acceptors (Lipinski definition) is 3. The largest absolute Gasteiger partial charge is 0.387 e. The Bertz CT molecular complexity index is 362. The Hall–Kier alpha value is -0.620. The molecular formula is C10H21N3O2S. The molecule has 1 rings (SSSR count). The molecule has 0 spiro atoms. The number of nitrogens with one attached hydrogen (secondary N) is 1. The van der Waals surface area contributed by atoms with E-state index in [1.807, 2.05) is 0 Å². The normalized spacial score (nSPS) is 20.9. The molecule has 0 aromatic carbocycles. The average Bonchev–Trinajstić information content (AvgIpc) is 2.16. The minimum atomic E-state index is -3.23. The first-order valence-corrected chi connectivity index (χ1v) is 6.94. The number of rotatable bonds is 2. The summed E-state index contributed by atoms with van der Waals surface area (Å²) in [5.41, 5.74) is 5.42. The van der Waals surface area contributed by atoms with Gasteiger partial charge in [0.2, 0.25) is 10.0 Å². The number of nitrogens with zero attached hydrogens (tertiary/aromatic N) is 1. The molecule has 16 heavy (non-hydrogen) atoms. The maximum absolute atomic E-state index is 12.1. The summed E-state index contributed by atoms with van der Waals surface area (Å²) in [5, 5.41) is 7.34. The standard InChI is InChI=1S/C10H21N3O2S/c1-10(2,3)16(14,15)13-6-4-8(5-7-13)9(11)12/h8H,4-7H2,1-3H3,(H3,11,12). The van der Waals surface area contributed by atoms with Gasteiger partial charge in [-0.1, -0.05) is 0 Å². The molecule has 0 atom stereocenters. The average molecular weight is 247 g/mol. The number of hydrogen-bond donors (Lipinski definition) is 2. The molecule has 3 N–H and O–H groups in total. The van der Waals surface area contributed by atoms with Gasteiger partial charge in [0.05, 0.1) is 10.6 Å². The molecule has 1 fully saturated rings. The Labute approximate surface area is 97.6 Å². The molecule has 1 aliphatic heterocycles. The second kappa shape index (κ2) is 4.33. The van der Waals surface area contributed by atoms with Crippen molar-refractivity contribution in [1.29, 1.82) is 5.41 Å². The van der Waals surface area contributed by atoms with Crippen molar-refractivity contribution in [2.45, 2.75) is 38.4 Å². The van der Waals surface area contributed by atoms with Gasteiger partial charge in [-0.25, -0.2) is 12.7 Å². The Balaban J connectivity index is 2.72. The fourth-order valence-electron chi connectivity index (χ4n) is 1.79. The minimum absolute atomic E-state index is 0.0476. The van der Waals surface area contributed by atoms with Crippen LogP contribution in [0, 0.1) is 11.3 Å². The van der Waals surface area contributed by atoms with Gasteiger partial charge in [0, 0.05) is 19.0 Å². The third-order valence-electron chi connectivity index (χ3n) is 3.01. The summed E-state index contributed by atoms with van der Waals surface area (Å²) in [5.74, 6) is 0.222. The predicted octanol–water partition coefficient (Wildman–Crippen LogP) is 0.763. The van der Waals surface area contributed by atoms with Crippen molar-refractivity contribution in [3.05, 3.63) is 0 Å². The lowest BCUT2D eigenvalue weighted by atomic mass is 9.97. The van der Waals surface area contributed by atoms with Crippen LogP contribution in [0.15, 0.2) is 0 Å². The molecule has 0 saturated carbocycles. The molecule has 0 unspecified atom stereocenters. The minimum Gasteiger partial charge on any atom is -0.387 e. The molecule has 0 bridgehead atoms. The topological polar surface area (TPSA) is 87.2 Å². The SMILES string of the molecule is CC(C)(C)S(=O)(=O)N1CCC(C(=N)N)CC1. The molecular weight excluding hydrogens is 226 g/mol. The van der Waals surface area contributed by atoms with Crippen LogP contribution in [0.1, 0.15) is 33.6 Å². The van der Waals surface area contributed by atoms with Crippen LogP contribution in [0.25, 0.3) is 0 Å². The van der Waals surface area contributed by atoms with Crippen molar-refractivity contribution in [2.24, 2.45) is 11.7 Å². The molecule has 5 nitrogen and oxygen atoms in total. The van der Waals surface area contributed by atoms with Crippen LogP contribution in [-0.2, 0) is 10.0 Å². The smallest absolute Gasteiger partial charge is 0.219 e. The summed E-state index contributed by atoms with van der Waals surface area (Å²) >= 11 is 0. The number of nitrogens with two attached hydrogens (primary N) is 1. The van der Waals surface area contributed by atoms with Crippen LogP contribution in [0.5, 0.6) is 0 Å². The summed E-state index contributed by atoms with van der Waals surface area (Å²) < 4.78 is 25.0. The second-order valence-corrected chi connectivity index (χ2v) is 7.94. The summed E-state index contributed by atoms with van der Waals surface area (Å²) in [6, 6.07) is 0. The molecule has 6 heteroatoms. The van der Waals surface area contributed by atoms with Crippen LogP contribution >= 0.6 is 0 Å². The third kappa shape index (κ3) is 2.55. The van der Waals surface area contributed by atoms with E-state index in [-0.39, 0.29) is 11.8 Å². The van der Waals surface area contributed by atoms with Gasteiger partial charge in [0.15, 0.2) is 0 Å². The highest BCUT2D eigenvalue weighted by Gasteiger charge is 2.37. The van der Waals surface area contributed by atoms with Crippen LogP contribution in [0.3, 0.4) is 0 Å². The molecule has 1 heterocycles. The maximum Gasteiger partial charge on any atom is 0.219 e. The summed E-state index contributed by atoms with van der Waals surface area (Å²) in [4.78, 5) is 0. The molecule has 94 valence electrons. The zero-order valence-electron chi connectivity index (χ0n) is 10.2. The van der Waals surface area contributed by atoms with E-state index in [0.29, 0.717) is 25.9 Å². The Morgan fingerprint density at radius 3 is 2.06 bits per heavy atom. The third-order valence-corrected chi connectivity index (χ3v) is 5.60.